The Morgan fingerprint density at radius 2 is 2.15 bits per heavy atom. The van der Waals surface area contributed by atoms with Crippen LogP contribution in [-0.4, -0.2) is 29.8 Å². The predicted molar refractivity (Wildman–Crippen MR) is 105 cm³/mol. The molecule has 26 heavy (non-hydrogen) atoms. The molecule has 140 valence electrons. The summed E-state index contributed by atoms with van der Waals surface area (Å²) in [6, 6.07) is 3.47. The van der Waals surface area contributed by atoms with Gasteiger partial charge in [0.05, 0.1) is 18.7 Å². The van der Waals surface area contributed by atoms with Crippen molar-refractivity contribution in [1.82, 2.24) is 10.2 Å². The van der Waals surface area contributed by atoms with Crippen LogP contribution in [0, 0.1) is 5.92 Å². The maximum Gasteiger partial charge on any atom is 0.250 e. The maximum absolute atomic E-state index is 12.1. The number of hydrogen-bond donors (Lipinski definition) is 1. The highest BCUT2D eigenvalue weighted by atomic mass is 35.5. The molecule has 1 aromatic heterocycles. The first-order chi connectivity index (χ1) is 12.4. The lowest BCUT2D eigenvalue weighted by atomic mass is 10.1. The number of hydrogen-bond acceptors (Lipinski definition) is 6. The molecule has 0 radical (unpaired) electrons. The number of carbonyl (C=O) groups is 1. The molecular weight excluding hydrogens is 374 g/mol. The molecular formula is C18H22ClN3O3S. The maximum atomic E-state index is 12.1. The van der Waals surface area contributed by atoms with Crippen molar-refractivity contribution >= 4 is 40.1 Å². The van der Waals surface area contributed by atoms with Gasteiger partial charge in [0.1, 0.15) is 5.01 Å². The van der Waals surface area contributed by atoms with Gasteiger partial charge in [-0.1, -0.05) is 36.8 Å². The van der Waals surface area contributed by atoms with E-state index in [1.807, 2.05) is 6.92 Å². The van der Waals surface area contributed by atoms with Crippen molar-refractivity contribution in [2.75, 3.05) is 19.0 Å². The number of rotatable bonds is 8. The zero-order valence-corrected chi connectivity index (χ0v) is 16.8. The fraction of sp³-hybridized carbons (Fsp3) is 0.389. The second kappa shape index (κ2) is 9.54. The van der Waals surface area contributed by atoms with Crippen molar-refractivity contribution in [3.8, 4) is 11.5 Å². The summed E-state index contributed by atoms with van der Waals surface area (Å²) in [5.41, 5.74) is 0.729. The summed E-state index contributed by atoms with van der Waals surface area (Å²) in [6.07, 6.45) is 3.91. The van der Waals surface area contributed by atoms with Crippen molar-refractivity contribution < 1.29 is 14.3 Å². The van der Waals surface area contributed by atoms with E-state index in [1.54, 1.807) is 18.2 Å². The number of amides is 1. The van der Waals surface area contributed by atoms with Crippen LogP contribution in [-0.2, 0) is 11.2 Å². The van der Waals surface area contributed by atoms with Gasteiger partial charge < -0.3 is 9.47 Å². The molecule has 2 rings (SSSR count). The summed E-state index contributed by atoms with van der Waals surface area (Å²) in [5, 5.41) is 12.6. The Labute approximate surface area is 162 Å². The molecule has 0 saturated carbocycles. The van der Waals surface area contributed by atoms with E-state index in [9.17, 15) is 4.79 Å². The van der Waals surface area contributed by atoms with Crippen molar-refractivity contribution in [2.24, 2.45) is 5.92 Å². The Kier molecular flexibility index (Phi) is 7.41. The van der Waals surface area contributed by atoms with Crippen molar-refractivity contribution in [1.29, 1.82) is 0 Å². The molecule has 1 amide bonds. The molecule has 2 aromatic rings. The van der Waals surface area contributed by atoms with Gasteiger partial charge in [-0.15, -0.1) is 10.2 Å². The van der Waals surface area contributed by atoms with E-state index in [1.165, 1.54) is 24.5 Å². The number of anilines is 1. The van der Waals surface area contributed by atoms with Gasteiger partial charge in [0, 0.05) is 12.5 Å². The van der Waals surface area contributed by atoms with Crippen LogP contribution in [0.3, 0.4) is 0 Å². The lowest BCUT2D eigenvalue weighted by molar-refractivity contribution is -0.111. The average molecular weight is 396 g/mol. The third-order valence-corrected chi connectivity index (χ3v) is 4.38. The summed E-state index contributed by atoms with van der Waals surface area (Å²) in [7, 11) is 1.53. The highest BCUT2D eigenvalue weighted by Crippen LogP contribution is 2.36. The standard InChI is InChI=1S/C18H22ClN3O3S/c1-5-25-14-10-12(9-13(19)17(14)24-4)6-7-15(23)20-18-22-21-16(26-18)8-11(2)3/h6-7,9-11H,5,8H2,1-4H3,(H,20,22,23)/b7-6+. The van der Waals surface area contributed by atoms with Crippen LogP contribution in [0.5, 0.6) is 11.5 Å². The molecule has 0 atom stereocenters. The molecule has 0 bridgehead atoms. The number of benzene rings is 1. The lowest BCUT2D eigenvalue weighted by Crippen LogP contribution is -2.07. The van der Waals surface area contributed by atoms with E-state index in [0.29, 0.717) is 34.2 Å². The van der Waals surface area contributed by atoms with Gasteiger partial charge >= 0.3 is 0 Å². The van der Waals surface area contributed by atoms with Crippen molar-refractivity contribution in [2.45, 2.75) is 27.2 Å². The molecule has 0 aliphatic rings. The van der Waals surface area contributed by atoms with Gasteiger partial charge in [-0.05, 0) is 36.6 Å². The second-order valence-corrected chi connectivity index (χ2v) is 7.36. The quantitative estimate of drug-likeness (QED) is 0.668. The van der Waals surface area contributed by atoms with E-state index in [4.69, 9.17) is 21.1 Å². The molecule has 0 spiro atoms. The third-order valence-electron chi connectivity index (χ3n) is 3.24. The largest absolute Gasteiger partial charge is 0.491 e. The van der Waals surface area contributed by atoms with Crippen LogP contribution in [0.15, 0.2) is 18.2 Å². The molecule has 0 saturated heterocycles. The summed E-state index contributed by atoms with van der Waals surface area (Å²) in [4.78, 5) is 12.1. The molecule has 1 aromatic carbocycles. The highest BCUT2D eigenvalue weighted by molar-refractivity contribution is 7.15. The molecule has 0 unspecified atom stereocenters. The average Bonchev–Trinajstić information content (AvgIpc) is 2.99. The van der Waals surface area contributed by atoms with E-state index in [-0.39, 0.29) is 5.91 Å². The van der Waals surface area contributed by atoms with Gasteiger partial charge in [-0.3, -0.25) is 10.1 Å². The van der Waals surface area contributed by atoms with Crippen LogP contribution < -0.4 is 14.8 Å². The van der Waals surface area contributed by atoms with Crippen molar-refractivity contribution in [3.05, 3.63) is 33.8 Å². The van der Waals surface area contributed by atoms with Crippen LogP contribution in [0.2, 0.25) is 5.02 Å². The predicted octanol–water partition coefficient (Wildman–Crippen LogP) is 4.45. The third kappa shape index (κ3) is 5.71. The first kappa shape index (κ1) is 20.2. The Bertz CT molecular complexity index is 790. The van der Waals surface area contributed by atoms with Crippen LogP contribution >= 0.6 is 22.9 Å². The summed E-state index contributed by atoms with van der Waals surface area (Å²) in [6.45, 7) is 6.58. The monoisotopic (exact) mass is 395 g/mol. The minimum atomic E-state index is -0.290. The summed E-state index contributed by atoms with van der Waals surface area (Å²) in [5.74, 6) is 1.21. The molecule has 1 N–H and O–H groups in total. The number of nitrogens with one attached hydrogen (secondary N) is 1. The fourth-order valence-electron chi connectivity index (χ4n) is 2.20. The fourth-order valence-corrected chi connectivity index (χ4v) is 3.45. The van der Waals surface area contributed by atoms with E-state index < -0.39 is 0 Å². The van der Waals surface area contributed by atoms with Gasteiger partial charge in [-0.25, -0.2) is 0 Å². The number of carbonyl (C=O) groups excluding carboxylic acids is 1. The highest BCUT2D eigenvalue weighted by Gasteiger charge is 2.11. The van der Waals surface area contributed by atoms with Crippen LogP contribution in [0.25, 0.3) is 6.08 Å². The minimum Gasteiger partial charge on any atom is -0.491 e. The van der Waals surface area contributed by atoms with E-state index in [0.717, 1.165) is 17.0 Å². The van der Waals surface area contributed by atoms with E-state index >= 15 is 0 Å². The zero-order valence-electron chi connectivity index (χ0n) is 15.2. The summed E-state index contributed by atoms with van der Waals surface area (Å²) >= 11 is 7.59. The first-order valence-electron chi connectivity index (χ1n) is 8.24. The Morgan fingerprint density at radius 3 is 2.81 bits per heavy atom. The topological polar surface area (TPSA) is 73.3 Å². The lowest BCUT2D eigenvalue weighted by Gasteiger charge is -2.11. The van der Waals surface area contributed by atoms with Crippen LogP contribution in [0.1, 0.15) is 31.3 Å². The number of nitrogens with zero attached hydrogens (tertiary/aromatic N) is 2. The number of aromatic nitrogens is 2. The zero-order chi connectivity index (χ0) is 19.1. The molecule has 0 aliphatic carbocycles. The molecule has 0 fully saturated rings. The Balaban J connectivity index is 2.06. The SMILES string of the molecule is CCOc1cc(/C=C/C(=O)Nc2nnc(CC(C)C)s2)cc(Cl)c1OC. The van der Waals surface area contributed by atoms with Gasteiger partial charge in [0.25, 0.3) is 0 Å². The van der Waals surface area contributed by atoms with Gasteiger partial charge in [-0.2, -0.15) is 0 Å². The number of methoxy groups -OCH3 is 1. The van der Waals surface area contributed by atoms with Crippen LogP contribution in [0.4, 0.5) is 5.13 Å². The minimum absolute atomic E-state index is 0.290. The Hall–Kier alpha value is -2.12. The number of ether oxygens (including phenoxy) is 2. The molecule has 1 heterocycles. The molecule has 0 aliphatic heterocycles. The van der Waals surface area contributed by atoms with Gasteiger partial charge in [0.15, 0.2) is 11.5 Å². The van der Waals surface area contributed by atoms with Crippen molar-refractivity contribution in [3.63, 3.8) is 0 Å². The van der Waals surface area contributed by atoms with Gasteiger partial charge in [0.2, 0.25) is 11.0 Å². The Morgan fingerprint density at radius 1 is 1.38 bits per heavy atom. The first-order valence-corrected chi connectivity index (χ1v) is 9.44. The molecule has 8 heteroatoms. The van der Waals surface area contributed by atoms with E-state index in [2.05, 4.69) is 29.4 Å². The normalized spacial score (nSPS) is 11.2. The number of halogens is 1. The molecule has 6 nitrogen and oxygen atoms in total. The second-order valence-electron chi connectivity index (χ2n) is 5.89. The summed E-state index contributed by atoms with van der Waals surface area (Å²) < 4.78 is 10.8. The smallest absolute Gasteiger partial charge is 0.250 e.